The van der Waals surface area contributed by atoms with E-state index in [-0.39, 0.29) is 12.0 Å². The van der Waals surface area contributed by atoms with Crippen molar-refractivity contribution in [3.8, 4) is 11.5 Å². The minimum atomic E-state index is -0.481. The van der Waals surface area contributed by atoms with Crippen LogP contribution in [-0.4, -0.2) is 18.1 Å². The average molecular weight is 382 g/mol. The number of benzene rings is 2. The van der Waals surface area contributed by atoms with Crippen molar-refractivity contribution in [2.24, 2.45) is 0 Å². The molecule has 2 aromatic rings. The van der Waals surface area contributed by atoms with E-state index in [9.17, 15) is 4.79 Å². The number of amides is 1. The Bertz CT molecular complexity index is 783. The first-order chi connectivity index (χ1) is 13.5. The summed E-state index contributed by atoms with van der Waals surface area (Å²) in [5.74, 6) is 1.55. The highest BCUT2D eigenvalue weighted by Gasteiger charge is 2.19. The number of hydrogen-bond acceptors (Lipinski definition) is 3. The van der Waals surface area contributed by atoms with E-state index in [1.807, 2.05) is 51.1 Å². The Labute approximate surface area is 168 Å². The predicted octanol–water partition coefficient (Wildman–Crippen LogP) is 4.83. The van der Waals surface area contributed by atoms with E-state index in [0.29, 0.717) is 13.0 Å². The van der Waals surface area contributed by atoms with Crippen LogP contribution in [0.4, 0.5) is 0 Å². The first-order valence-corrected chi connectivity index (χ1v) is 10.4. The van der Waals surface area contributed by atoms with Crippen LogP contribution in [0.3, 0.4) is 0 Å². The van der Waals surface area contributed by atoms with Crippen LogP contribution in [0, 0.1) is 0 Å². The number of ether oxygens (including phenoxy) is 2. The average Bonchev–Trinajstić information content (AvgIpc) is 2.70. The molecule has 4 nitrogen and oxygen atoms in total. The summed E-state index contributed by atoms with van der Waals surface area (Å²) in [6.07, 6.45) is 5.04. The molecular weight excluding hydrogens is 350 g/mol. The molecule has 0 spiro atoms. The number of aryl methyl sites for hydroxylation is 2. The maximum absolute atomic E-state index is 12.6. The molecule has 1 aliphatic rings. The lowest BCUT2D eigenvalue weighted by molar-refractivity contribution is -0.128. The molecule has 2 aromatic carbocycles. The lowest BCUT2D eigenvalue weighted by atomic mass is 9.92. The molecule has 0 aliphatic heterocycles. The van der Waals surface area contributed by atoms with Crippen molar-refractivity contribution in [1.82, 2.24) is 5.32 Å². The summed E-state index contributed by atoms with van der Waals surface area (Å²) in [4.78, 5) is 12.6. The van der Waals surface area contributed by atoms with Crippen LogP contribution in [0.2, 0.25) is 0 Å². The Kier molecular flexibility index (Phi) is 6.96. The van der Waals surface area contributed by atoms with Crippen molar-refractivity contribution in [1.29, 1.82) is 0 Å². The summed E-state index contributed by atoms with van der Waals surface area (Å²) >= 11 is 0. The quantitative estimate of drug-likeness (QED) is 0.713. The third kappa shape index (κ3) is 5.51. The fraction of sp³-hybridized carbons (Fsp3) is 0.458. The third-order valence-electron chi connectivity index (χ3n) is 5.02. The molecule has 0 radical (unpaired) electrons. The van der Waals surface area contributed by atoms with Gasteiger partial charge in [-0.15, -0.1) is 0 Å². The smallest absolute Gasteiger partial charge is 0.261 e. The monoisotopic (exact) mass is 381 g/mol. The van der Waals surface area contributed by atoms with Gasteiger partial charge in [-0.25, -0.2) is 0 Å². The van der Waals surface area contributed by atoms with Gasteiger partial charge in [-0.1, -0.05) is 25.1 Å². The highest BCUT2D eigenvalue weighted by Crippen LogP contribution is 2.26. The number of rotatable bonds is 8. The molecule has 0 bridgehead atoms. The Morgan fingerprint density at radius 2 is 1.64 bits per heavy atom. The van der Waals surface area contributed by atoms with E-state index in [0.717, 1.165) is 29.9 Å². The maximum atomic E-state index is 12.6. The minimum absolute atomic E-state index is 0.0808. The predicted molar refractivity (Wildman–Crippen MR) is 112 cm³/mol. The van der Waals surface area contributed by atoms with Crippen LogP contribution in [0.5, 0.6) is 11.5 Å². The second-order valence-corrected chi connectivity index (χ2v) is 7.68. The Balaban J connectivity index is 1.55. The fourth-order valence-electron chi connectivity index (χ4n) is 3.53. The number of fused-ring (bicyclic) bond motifs is 1. The summed E-state index contributed by atoms with van der Waals surface area (Å²) in [5, 5.41) is 2.99. The van der Waals surface area contributed by atoms with Crippen LogP contribution in [-0.2, 0) is 24.2 Å². The van der Waals surface area contributed by atoms with Crippen LogP contribution in [0.25, 0.3) is 0 Å². The Morgan fingerprint density at radius 3 is 2.32 bits per heavy atom. The van der Waals surface area contributed by atoms with Crippen molar-refractivity contribution < 1.29 is 14.3 Å². The molecule has 1 N–H and O–H groups in total. The molecule has 28 heavy (non-hydrogen) atoms. The van der Waals surface area contributed by atoms with Gasteiger partial charge >= 0.3 is 0 Å². The second-order valence-electron chi connectivity index (χ2n) is 7.68. The molecule has 1 amide bonds. The fourth-order valence-corrected chi connectivity index (χ4v) is 3.53. The summed E-state index contributed by atoms with van der Waals surface area (Å²) in [7, 11) is 0. The van der Waals surface area contributed by atoms with Gasteiger partial charge in [0.25, 0.3) is 5.91 Å². The molecule has 0 saturated carbocycles. The van der Waals surface area contributed by atoms with E-state index < -0.39 is 6.10 Å². The van der Waals surface area contributed by atoms with Crippen molar-refractivity contribution in [3.05, 3.63) is 59.2 Å². The number of carbonyl (C=O) groups excluding carboxylic acids is 1. The summed E-state index contributed by atoms with van der Waals surface area (Å²) < 4.78 is 11.7. The summed E-state index contributed by atoms with van der Waals surface area (Å²) in [5.41, 5.74) is 3.82. The summed E-state index contributed by atoms with van der Waals surface area (Å²) in [6, 6.07) is 14.1. The van der Waals surface area contributed by atoms with Gasteiger partial charge in [0.05, 0.1) is 6.10 Å². The highest BCUT2D eigenvalue weighted by atomic mass is 16.5. The topological polar surface area (TPSA) is 47.6 Å². The van der Waals surface area contributed by atoms with Crippen molar-refractivity contribution >= 4 is 5.91 Å². The summed E-state index contributed by atoms with van der Waals surface area (Å²) in [6.45, 7) is 6.45. The normalized spacial score (nSPS) is 14.3. The molecule has 0 unspecified atom stereocenters. The number of carbonyl (C=O) groups is 1. The standard InChI is InChI=1S/C24H31NO3/c1-4-23(28-22-14-11-19-7-5-6-8-20(19)15-22)24(26)25-16-18-9-12-21(13-10-18)27-17(2)3/h9-15,17,23H,4-8,16H2,1-3H3,(H,25,26)/t23-/m0/s1. The van der Waals surface area contributed by atoms with Crippen LogP contribution < -0.4 is 14.8 Å². The van der Waals surface area contributed by atoms with Crippen LogP contribution in [0.15, 0.2) is 42.5 Å². The molecule has 0 saturated heterocycles. The van der Waals surface area contributed by atoms with Crippen LogP contribution >= 0.6 is 0 Å². The van der Waals surface area contributed by atoms with E-state index in [4.69, 9.17) is 9.47 Å². The first-order valence-electron chi connectivity index (χ1n) is 10.4. The van der Waals surface area contributed by atoms with Crippen molar-refractivity contribution in [2.45, 2.75) is 71.6 Å². The van der Waals surface area contributed by atoms with Gasteiger partial charge in [0, 0.05) is 6.54 Å². The van der Waals surface area contributed by atoms with Gasteiger partial charge in [0.2, 0.25) is 0 Å². The van der Waals surface area contributed by atoms with Gasteiger partial charge in [-0.3, -0.25) is 4.79 Å². The molecule has 1 atom stereocenters. The Hall–Kier alpha value is -2.49. The lowest BCUT2D eigenvalue weighted by Gasteiger charge is -2.20. The highest BCUT2D eigenvalue weighted by molar-refractivity contribution is 5.81. The molecule has 1 aliphatic carbocycles. The van der Waals surface area contributed by atoms with Crippen LogP contribution in [0.1, 0.15) is 56.7 Å². The van der Waals surface area contributed by atoms with E-state index in [1.165, 1.54) is 24.0 Å². The largest absolute Gasteiger partial charge is 0.491 e. The first kappa shape index (κ1) is 20.2. The lowest BCUT2D eigenvalue weighted by Crippen LogP contribution is -2.37. The van der Waals surface area contributed by atoms with Gasteiger partial charge < -0.3 is 14.8 Å². The van der Waals surface area contributed by atoms with E-state index >= 15 is 0 Å². The van der Waals surface area contributed by atoms with Gasteiger partial charge in [0.1, 0.15) is 11.5 Å². The second kappa shape index (κ2) is 9.63. The molecule has 0 fully saturated rings. The zero-order chi connectivity index (χ0) is 19.9. The van der Waals surface area contributed by atoms with Gasteiger partial charge in [-0.2, -0.15) is 0 Å². The molecule has 4 heteroatoms. The number of hydrogen-bond donors (Lipinski definition) is 1. The van der Waals surface area contributed by atoms with Gasteiger partial charge in [0.15, 0.2) is 6.10 Å². The zero-order valence-corrected chi connectivity index (χ0v) is 17.2. The SMILES string of the molecule is CC[C@H](Oc1ccc2c(c1)CCCC2)C(=O)NCc1ccc(OC(C)C)cc1. The molecular formula is C24H31NO3. The van der Waals surface area contributed by atoms with Crippen molar-refractivity contribution in [2.75, 3.05) is 0 Å². The maximum Gasteiger partial charge on any atom is 0.261 e. The molecule has 3 rings (SSSR count). The Morgan fingerprint density at radius 1 is 0.964 bits per heavy atom. The molecule has 0 aromatic heterocycles. The zero-order valence-electron chi connectivity index (χ0n) is 17.2. The molecule has 0 heterocycles. The van der Waals surface area contributed by atoms with Gasteiger partial charge in [-0.05, 0) is 86.9 Å². The third-order valence-corrected chi connectivity index (χ3v) is 5.02. The van der Waals surface area contributed by atoms with Crippen molar-refractivity contribution in [3.63, 3.8) is 0 Å². The van der Waals surface area contributed by atoms with E-state index in [1.54, 1.807) is 0 Å². The minimum Gasteiger partial charge on any atom is -0.491 e. The molecule has 150 valence electrons. The number of nitrogens with one attached hydrogen (secondary N) is 1. The van der Waals surface area contributed by atoms with E-state index in [2.05, 4.69) is 17.4 Å².